The summed E-state index contributed by atoms with van der Waals surface area (Å²) in [6.45, 7) is 2.40. The van der Waals surface area contributed by atoms with Crippen molar-refractivity contribution >= 4 is 17.7 Å². The Morgan fingerprint density at radius 1 is 1.14 bits per heavy atom. The van der Waals surface area contributed by atoms with Gasteiger partial charge >= 0.3 is 6.09 Å². The van der Waals surface area contributed by atoms with Crippen molar-refractivity contribution in [3.63, 3.8) is 0 Å². The molecular weight excluding hydrogens is 286 g/mol. The fourth-order valence-electron chi connectivity index (χ4n) is 2.04. The minimum absolute atomic E-state index is 0.338. The summed E-state index contributed by atoms with van der Waals surface area (Å²) < 4.78 is 5.45. The minimum Gasteiger partial charge on any atom is -0.441 e. The van der Waals surface area contributed by atoms with E-state index in [9.17, 15) is 4.79 Å². The maximum absolute atomic E-state index is 11.9. The van der Waals surface area contributed by atoms with Gasteiger partial charge in [-0.05, 0) is 18.1 Å². The van der Waals surface area contributed by atoms with E-state index in [0.717, 1.165) is 11.1 Å². The number of carbonyl (C=O) groups is 1. The predicted molar refractivity (Wildman–Crippen MR) is 84.2 cm³/mol. The molecule has 2 aromatic carbocycles. The van der Waals surface area contributed by atoms with Crippen LogP contribution in [-0.2, 0) is 11.3 Å². The molecule has 0 saturated heterocycles. The summed E-state index contributed by atoms with van der Waals surface area (Å²) in [5.41, 5.74) is 1.86. The molecule has 1 N–H and O–H groups in total. The van der Waals surface area contributed by atoms with Gasteiger partial charge in [-0.1, -0.05) is 67.1 Å². The molecule has 1 unspecified atom stereocenters. The van der Waals surface area contributed by atoms with E-state index in [1.165, 1.54) is 0 Å². The van der Waals surface area contributed by atoms with Crippen molar-refractivity contribution in [1.29, 1.82) is 0 Å². The van der Waals surface area contributed by atoms with E-state index in [1.807, 2.05) is 55.5 Å². The molecule has 0 bridgehead atoms. The second-order valence-electron chi connectivity index (χ2n) is 4.66. The fourth-order valence-corrected chi connectivity index (χ4v) is 2.30. The molecule has 0 aliphatic rings. The van der Waals surface area contributed by atoms with Gasteiger partial charge in [-0.3, -0.25) is 0 Å². The van der Waals surface area contributed by atoms with Gasteiger partial charge in [-0.15, -0.1) is 0 Å². The smallest absolute Gasteiger partial charge is 0.408 e. The lowest BCUT2D eigenvalue weighted by Crippen LogP contribution is -2.25. The SMILES string of the molecule is CCC(OC(=O)NCc1ccccc1)c1ccccc1Cl. The number of ether oxygens (including phenoxy) is 1. The molecule has 0 aromatic heterocycles. The van der Waals surface area contributed by atoms with E-state index in [-0.39, 0.29) is 6.10 Å². The Morgan fingerprint density at radius 3 is 2.48 bits per heavy atom. The second-order valence-corrected chi connectivity index (χ2v) is 5.07. The number of benzene rings is 2. The zero-order chi connectivity index (χ0) is 15.1. The maximum atomic E-state index is 11.9. The molecule has 0 radical (unpaired) electrons. The van der Waals surface area contributed by atoms with Crippen LogP contribution in [0.15, 0.2) is 54.6 Å². The molecule has 2 rings (SSSR count). The van der Waals surface area contributed by atoms with Crippen LogP contribution in [0.1, 0.15) is 30.6 Å². The molecule has 0 saturated carbocycles. The molecule has 4 heteroatoms. The lowest BCUT2D eigenvalue weighted by atomic mass is 10.1. The first-order chi connectivity index (χ1) is 10.2. The van der Waals surface area contributed by atoms with E-state index < -0.39 is 6.09 Å². The number of hydrogen-bond acceptors (Lipinski definition) is 2. The summed E-state index contributed by atoms with van der Waals surface area (Å²) in [5, 5.41) is 3.36. The van der Waals surface area contributed by atoms with Gasteiger partial charge in [-0.25, -0.2) is 4.79 Å². The zero-order valence-electron chi connectivity index (χ0n) is 11.9. The van der Waals surface area contributed by atoms with Crippen LogP contribution in [-0.4, -0.2) is 6.09 Å². The lowest BCUT2D eigenvalue weighted by Gasteiger charge is -2.18. The number of rotatable bonds is 5. The predicted octanol–water partition coefficient (Wildman–Crippen LogP) is 4.72. The Labute approximate surface area is 129 Å². The van der Waals surface area contributed by atoms with Gasteiger partial charge in [0.1, 0.15) is 6.10 Å². The normalized spacial score (nSPS) is 11.7. The maximum Gasteiger partial charge on any atom is 0.408 e. The summed E-state index contributed by atoms with van der Waals surface area (Å²) in [5.74, 6) is 0. The van der Waals surface area contributed by atoms with Gasteiger partial charge in [-0.2, -0.15) is 0 Å². The molecule has 1 amide bonds. The highest BCUT2D eigenvalue weighted by Gasteiger charge is 2.17. The van der Waals surface area contributed by atoms with Crippen LogP contribution in [0, 0.1) is 0 Å². The Balaban J connectivity index is 1.93. The van der Waals surface area contributed by atoms with Crippen LogP contribution < -0.4 is 5.32 Å². The standard InChI is InChI=1S/C17H18ClNO2/c1-2-16(14-10-6-7-11-15(14)18)21-17(20)19-12-13-8-4-3-5-9-13/h3-11,16H,2,12H2,1H3,(H,19,20). The highest BCUT2D eigenvalue weighted by Crippen LogP contribution is 2.27. The topological polar surface area (TPSA) is 38.3 Å². The van der Waals surface area contributed by atoms with Gasteiger partial charge in [0.25, 0.3) is 0 Å². The Hall–Kier alpha value is -2.00. The van der Waals surface area contributed by atoms with Crippen LogP contribution in [0.4, 0.5) is 4.79 Å². The van der Waals surface area contributed by atoms with Crippen molar-refractivity contribution in [2.75, 3.05) is 0 Å². The van der Waals surface area contributed by atoms with Crippen molar-refractivity contribution in [2.24, 2.45) is 0 Å². The molecule has 21 heavy (non-hydrogen) atoms. The van der Waals surface area contributed by atoms with Crippen LogP contribution in [0.25, 0.3) is 0 Å². The first kappa shape index (κ1) is 15.4. The molecule has 0 fully saturated rings. The monoisotopic (exact) mass is 303 g/mol. The summed E-state index contributed by atoms with van der Waals surface area (Å²) >= 11 is 6.14. The molecule has 3 nitrogen and oxygen atoms in total. The van der Waals surface area contributed by atoms with Crippen molar-refractivity contribution in [3.8, 4) is 0 Å². The number of alkyl carbamates (subject to hydrolysis) is 1. The van der Waals surface area contributed by atoms with Crippen molar-refractivity contribution in [2.45, 2.75) is 26.0 Å². The summed E-state index contributed by atoms with van der Waals surface area (Å²) in [6, 6.07) is 17.1. The quantitative estimate of drug-likeness (QED) is 0.868. The molecule has 0 aliphatic heterocycles. The number of carbonyl (C=O) groups excluding carboxylic acids is 1. The molecule has 110 valence electrons. The molecular formula is C17H18ClNO2. The zero-order valence-corrected chi connectivity index (χ0v) is 12.6. The third-order valence-corrected chi connectivity index (χ3v) is 3.50. The van der Waals surface area contributed by atoms with E-state index in [2.05, 4.69) is 5.32 Å². The third-order valence-electron chi connectivity index (χ3n) is 3.15. The lowest BCUT2D eigenvalue weighted by molar-refractivity contribution is 0.0948. The average molecular weight is 304 g/mol. The Bertz CT molecular complexity index is 586. The van der Waals surface area contributed by atoms with Crippen LogP contribution in [0.2, 0.25) is 5.02 Å². The molecule has 0 spiro atoms. The first-order valence-electron chi connectivity index (χ1n) is 6.93. The van der Waals surface area contributed by atoms with Crippen LogP contribution in [0.3, 0.4) is 0 Å². The van der Waals surface area contributed by atoms with E-state index in [0.29, 0.717) is 18.0 Å². The Morgan fingerprint density at radius 2 is 1.81 bits per heavy atom. The van der Waals surface area contributed by atoms with Gasteiger partial charge in [0.05, 0.1) is 0 Å². The molecule has 2 aromatic rings. The number of halogens is 1. The van der Waals surface area contributed by atoms with Crippen molar-refractivity contribution < 1.29 is 9.53 Å². The van der Waals surface area contributed by atoms with E-state index in [4.69, 9.17) is 16.3 Å². The van der Waals surface area contributed by atoms with Crippen LogP contribution >= 0.6 is 11.6 Å². The summed E-state index contributed by atoms with van der Waals surface area (Å²) in [7, 11) is 0. The summed E-state index contributed by atoms with van der Waals surface area (Å²) in [4.78, 5) is 11.9. The van der Waals surface area contributed by atoms with Gasteiger partial charge in [0.2, 0.25) is 0 Å². The van der Waals surface area contributed by atoms with E-state index in [1.54, 1.807) is 6.07 Å². The number of nitrogens with one attached hydrogen (secondary N) is 1. The minimum atomic E-state index is -0.439. The number of amides is 1. The molecule has 0 aliphatic carbocycles. The van der Waals surface area contributed by atoms with Crippen LogP contribution in [0.5, 0.6) is 0 Å². The van der Waals surface area contributed by atoms with Gasteiger partial charge in [0, 0.05) is 17.1 Å². The molecule has 1 atom stereocenters. The highest BCUT2D eigenvalue weighted by atomic mass is 35.5. The average Bonchev–Trinajstić information content (AvgIpc) is 2.52. The largest absolute Gasteiger partial charge is 0.441 e. The third kappa shape index (κ3) is 4.50. The van der Waals surface area contributed by atoms with E-state index >= 15 is 0 Å². The first-order valence-corrected chi connectivity index (χ1v) is 7.31. The van der Waals surface area contributed by atoms with Crippen molar-refractivity contribution in [3.05, 3.63) is 70.7 Å². The number of hydrogen-bond donors (Lipinski definition) is 1. The highest BCUT2D eigenvalue weighted by molar-refractivity contribution is 6.31. The van der Waals surface area contributed by atoms with Gasteiger partial charge < -0.3 is 10.1 Å². The molecule has 0 heterocycles. The Kier molecular flexibility index (Phi) is 5.64. The fraction of sp³-hybridized carbons (Fsp3) is 0.235. The van der Waals surface area contributed by atoms with Gasteiger partial charge in [0.15, 0.2) is 0 Å². The second kappa shape index (κ2) is 7.70. The summed E-state index contributed by atoms with van der Waals surface area (Å²) in [6.07, 6.45) is -0.109. The van der Waals surface area contributed by atoms with Crippen molar-refractivity contribution in [1.82, 2.24) is 5.32 Å².